The van der Waals surface area contributed by atoms with Gasteiger partial charge in [-0.1, -0.05) is 35.9 Å². The molecule has 1 aliphatic rings. The van der Waals surface area contributed by atoms with Crippen LogP contribution in [0.1, 0.15) is 24.0 Å². The molecule has 0 bridgehead atoms. The highest BCUT2D eigenvalue weighted by atomic mass is 35.5. The molecule has 0 heterocycles. The number of hydrogen-bond acceptors (Lipinski definition) is 1. The molecule has 0 aliphatic heterocycles. The molecule has 2 aromatic carbocycles. The van der Waals surface area contributed by atoms with Crippen LogP contribution in [-0.4, -0.2) is 12.5 Å². The van der Waals surface area contributed by atoms with Crippen LogP contribution in [0.4, 0.5) is 4.39 Å². The van der Waals surface area contributed by atoms with Crippen LogP contribution >= 0.6 is 11.6 Å². The molecule has 3 rings (SSSR count). The van der Waals surface area contributed by atoms with Crippen LogP contribution in [0.15, 0.2) is 48.5 Å². The van der Waals surface area contributed by atoms with Crippen molar-refractivity contribution < 1.29 is 9.18 Å². The number of carbonyl (C=O) groups is 1. The van der Waals surface area contributed by atoms with E-state index in [-0.39, 0.29) is 11.7 Å². The third-order valence-corrected chi connectivity index (χ3v) is 4.45. The minimum absolute atomic E-state index is 0.0353. The lowest BCUT2D eigenvalue weighted by Gasteiger charge is -2.16. The highest BCUT2D eigenvalue weighted by Gasteiger charge is 2.50. The summed E-state index contributed by atoms with van der Waals surface area (Å²) in [6, 6.07) is 13.9. The maximum atomic E-state index is 13.0. The zero-order valence-corrected chi connectivity index (χ0v) is 12.9. The first-order chi connectivity index (χ1) is 10.6. The highest BCUT2D eigenvalue weighted by Crippen LogP contribution is 2.48. The predicted molar refractivity (Wildman–Crippen MR) is 85.5 cm³/mol. The molecule has 2 nitrogen and oxygen atoms in total. The van der Waals surface area contributed by atoms with Crippen LogP contribution in [0.25, 0.3) is 0 Å². The van der Waals surface area contributed by atoms with Crippen LogP contribution in [0.2, 0.25) is 5.02 Å². The Morgan fingerprint density at radius 3 is 2.32 bits per heavy atom. The highest BCUT2D eigenvalue weighted by molar-refractivity contribution is 6.30. The zero-order chi connectivity index (χ0) is 15.6. The quantitative estimate of drug-likeness (QED) is 0.891. The van der Waals surface area contributed by atoms with E-state index in [0.717, 1.165) is 30.4 Å². The van der Waals surface area contributed by atoms with Crippen LogP contribution in [0.5, 0.6) is 0 Å². The van der Waals surface area contributed by atoms with Gasteiger partial charge in [-0.2, -0.15) is 0 Å². The number of benzene rings is 2. The average Bonchev–Trinajstić information content (AvgIpc) is 3.32. The number of hydrogen-bond donors (Lipinski definition) is 1. The second-order valence-corrected chi connectivity index (χ2v) is 6.16. The van der Waals surface area contributed by atoms with Gasteiger partial charge < -0.3 is 5.32 Å². The fraction of sp³-hybridized carbons (Fsp3) is 0.278. The van der Waals surface area contributed by atoms with Gasteiger partial charge in [0.05, 0.1) is 5.41 Å². The topological polar surface area (TPSA) is 29.1 Å². The third-order valence-electron chi connectivity index (χ3n) is 4.19. The zero-order valence-electron chi connectivity index (χ0n) is 12.1. The Kier molecular flexibility index (Phi) is 4.16. The first-order valence-corrected chi connectivity index (χ1v) is 7.77. The van der Waals surface area contributed by atoms with Crippen LogP contribution < -0.4 is 5.32 Å². The lowest BCUT2D eigenvalue weighted by molar-refractivity contribution is -0.123. The van der Waals surface area contributed by atoms with Gasteiger partial charge in [0.2, 0.25) is 5.91 Å². The molecule has 0 radical (unpaired) electrons. The Balaban J connectivity index is 1.57. The van der Waals surface area contributed by atoms with Crippen LogP contribution in [0, 0.1) is 5.82 Å². The summed E-state index contributed by atoms with van der Waals surface area (Å²) in [5.41, 5.74) is 1.59. The average molecular weight is 318 g/mol. The van der Waals surface area contributed by atoms with Gasteiger partial charge in [0.25, 0.3) is 0 Å². The summed E-state index contributed by atoms with van der Waals surface area (Å²) in [5, 5.41) is 3.71. The van der Waals surface area contributed by atoms with Crippen LogP contribution in [0.3, 0.4) is 0 Å². The Morgan fingerprint density at radius 2 is 1.73 bits per heavy atom. The van der Waals surface area contributed by atoms with Gasteiger partial charge in [-0.15, -0.1) is 0 Å². The van der Waals surface area contributed by atoms with E-state index in [0.29, 0.717) is 11.6 Å². The molecule has 4 heteroatoms. The maximum Gasteiger partial charge on any atom is 0.230 e. The van der Waals surface area contributed by atoms with Crippen molar-refractivity contribution >= 4 is 17.5 Å². The third kappa shape index (κ3) is 3.14. The van der Waals surface area contributed by atoms with Gasteiger partial charge in [-0.25, -0.2) is 4.39 Å². The molecule has 0 saturated heterocycles. The minimum atomic E-state index is -0.451. The smallest absolute Gasteiger partial charge is 0.230 e. The number of rotatable bonds is 5. The Morgan fingerprint density at radius 1 is 1.09 bits per heavy atom. The van der Waals surface area contributed by atoms with E-state index in [4.69, 9.17) is 11.6 Å². The largest absolute Gasteiger partial charge is 0.355 e. The fourth-order valence-electron chi connectivity index (χ4n) is 2.68. The fourth-order valence-corrected chi connectivity index (χ4v) is 2.81. The van der Waals surface area contributed by atoms with E-state index in [1.165, 1.54) is 12.1 Å². The Bertz CT molecular complexity index is 662. The number of halogens is 2. The summed E-state index contributed by atoms with van der Waals surface area (Å²) in [6.07, 6.45) is 2.42. The molecule has 0 spiro atoms. The number of carbonyl (C=O) groups excluding carboxylic acids is 1. The molecule has 2 aromatic rings. The predicted octanol–water partition coefficient (Wildman–Crippen LogP) is 3.87. The van der Waals surface area contributed by atoms with Gasteiger partial charge in [-0.3, -0.25) is 4.79 Å². The molecule has 1 aliphatic carbocycles. The van der Waals surface area contributed by atoms with E-state index in [1.807, 2.05) is 24.3 Å². The van der Waals surface area contributed by atoms with Crippen molar-refractivity contribution in [2.24, 2.45) is 0 Å². The van der Waals surface area contributed by atoms with E-state index >= 15 is 0 Å². The van der Waals surface area contributed by atoms with Gasteiger partial charge in [0.1, 0.15) is 5.82 Å². The van der Waals surface area contributed by atoms with Crippen molar-refractivity contribution in [1.82, 2.24) is 5.32 Å². The normalized spacial score (nSPS) is 15.4. The van der Waals surface area contributed by atoms with Gasteiger partial charge in [-0.05, 0) is 54.7 Å². The molecule has 0 atom stereocenters. The molecule has 22 heavy (non-hydrogen) atoms. The summed E-state index contributed by atoms with van der Waals surface area (Å²) in [4.78, 5) is 12.4. The van der Waals surface area contributed by atoms with Crippen LogP contribution in [-0.2, 0) is 16.6 Å². The van der Waals surface area contributed by atoms with E-state index in [2.05, 4.69) is 5.32 Å². The summed E-state index contributed by atoms with van der Waals surface area (Å²) < 4.78 is 13.0. The molecule has 1 fully saturated rings. The van der Waals surface area contributed by atoms with Crippen molar-refractivity contribution in [1.29, 1.82) is 0 Å². The van der Waals surface area contributed by atoms with Crippen molar-refractivity contribution in [3.05, 3.63) is 70.5 Å². The molecule has 0 unspecified atom stereocenters. The first-order valence-electron chi connectivity index (χ1n) is 7.39. The molecular formula is C18H17ClFNO. The lowest BCUT2D eigenvalue weighted by Crippen LogP contribution is -2.35. The monoisotopic (exact) mass is 317 g/mol. The summed E-state index contributed by atoms with van der Waals surface area (Å²) in [6.45, 7) is 0.587. The summed E-state index contributed by atoms with van der Waals surface area (Å²) >= 11 is 5.85. The number of amides is 1. The second-order valence-electron chi connectivity index (χ2n) is 5.72. The van der Waals surface area contributed by atoms with E-state index in [1.54, 1.807) is 12.1 Å². The van der Waals surface area contributed by atoms with Crippen molar-refractivity contribution in [2.45, 2.75) is 24.7 Å². The Labute approximate surface area is 134 Å². The number of nitrogens with one attached hydrogen (secondary N) is 1. The summed E-state index contributed by atoms with van der Waals surface area (Å²) in [7, 11) is 0. The lowest BCUT2D eigenvalue weighted by atomic mass is 9.95. The SMILES string of the molecule is O=C(NCCc1ccc(Cl)cc1)C1(c2ccc(F)cc2)CC1. The van der Waals surface area contributed by atoms with E-state index in [9.17, 15) is 9.18 Å². The molecular weight excluding hydrogens is 301 g/mol. The molecule has 114 valence electrons. The molecule has 1 saturated carbocycles. The van der Waals surface area contributed by atoms with Crippen molar-refractivity contribution in [2.75, 3.05) is 6.54 Å². The van der Waals surface area contributed by atoms with E-state index < -0.39 is 5.41 Å². The first kappa shape index (κ1) is 15.0. The molecule has 0 aromatic heterocycles. The van der Waals surface area contributed by atoms with Crippen molar-refractivity contribution in [3.63, 3.8) is 0 Å². The van der Waals surface area contributed by atoms with Gasteiger partial charge in [0.15, 0.2) is 0 Å². The molecule has 1 N–H and O–H groups in total. The summed E-state index contributed by atoms with van der Waals surface area (Å²) in [5.74, 6) is -0.240. The van der Waals surface area contributed by atoms with Gasteiger partial charge in [0, 0.05) is 11.6 Å². The maximum absolute atomic E-state index is 13.0. The molecule has 1 amide bonds. The van der Waals surface area contributed by atoms with Gasteiger partial charge >= 0.3 is 0 Å². The Hall–Kier alpha value is -1.87. The second kappa shape index (κ2) is 6.09. The minimum Gasteiger partial charge on any atom is -0.355 e. The standard InChI is InChI=1S/C18H17ClFNO/c19-15-5-1-13(2-6-15)9-12-21-17(22)18(10-11-18)14-3-7-16(20)8-4-14/h1-8H,9-12H2,(H,21,22). The van der Waals surface area contributed by atoms with Crippen molar-refractivity contribution in [3.8, 4) is 0 Å².